The van der Waals surface area contributed by atoms with Gasteiger partial charge in [0.15, 0.2) is 0 Å². The van der Waals surface area contributed by atoms with Crippen molar-refractivity contribution in [3.8, 4) is 0 Å². The van der Waals surface area contributed by atoms with Crippen molar-refractivity contribution in [2.45, 2.75) is 59.4 Å². The minimum Gasteiger partial charge on any atom is -0.315 e. The van der Waals surface area contributed by atoms with Crippen LogP contribution in [0.3, 0.4) is 0 Å². The Bertz CT molecular complexity index is 337. The van der Waals surface area contributed by atoms with E-state index in [4.69, 9.17) is 0 Å². The summed E-state index contributed by atoms with van der Waals surface area (Å²) in [6.45, 7) is 14.6. The maximum absolute atomic E-state index is 3.50. The molecule has 2 heteroatoms. The van der Waals surface area contributed by atoms with Gasteiger partial charge in [-0.2, -0.15) is 0 Å². The van der Waals surface area contributed by atoms with Crippen LogP contribution in [0.4, 0.5) is 0 Å². The lowest BCUT2D eigenvalue weighted by Gasteiger charge is -2.25. The van der Waals surface area contributed by atoms with Crippen LogP contribution in [0.1, 0.15) is 49.4 Å². The van der Waals surface area contributed by atoms with Crippen LogP contribution < -0.4 is 5.32 Å². The van der Waals surface area contributed by atoms with Crippen LogP contribution >= 0.6 is 11.3 Å². The Morgan fingerprint density at radius 3 is 2.38 bits per heavy atom. The average molecular weight is 239 g/mol. The molecular weight excluding hydrogens is 214 g/mol. The van der Waals surface area contributed by atoms with Crippen LogP contribution in [0, 0.1) is 13.8 Å². The lowest BCUT2D eigenvalue weighted by atomic mass is 9.81. The standard InChI is InChI=1S/C14H25NS/c1-10(2)15-8-7-14(5,6)13-9-11(3)16-12(13)4/h9-10,15H,7-8H2,1-6H3. The van der Waals surface area contributed by atoms with E-state index in [1.165, 1.54) is 21.7 Å². The predicted octanol–water partition coefficient (Wildman–Crippen LogP) is 4.03. The molecule has 0 aliphatic rings. The molecule has 1 aromatic heterocycles. The summed E-state index contributed by atoms with van der Waals surface area (Å²) < 4.78 is 0. The Kier molecular flexibility index (Phi) is 4.57. The SMILES string of the molecule is Cc1cc(C(C)(C)CCNC(C)C)c(C)s1. The van der Waals surface area contributed by atoms with Gasteiger partial charge in [-0.05, 0) is 43.9 Å². The Hall–Kier alpha value is -0.340. The number of nitrogens with one attached hydrogen (secondary N) is 1. The smallest absolute Gasteiger partial charge is 0.00544 e. The maximum Gasteiger partial charge on any atom is 0.00544 e. The van der Waals surface area contributed by atoms with Crippen LogP contribution in [-0.4, -0.2) is 12.6 Å². The molecule has 1 nitrogen and oxygen atoms in total. The average Bonchev–Trinajstić information content (AvgIpc) is 2.44. The van der Waals surface area contributed by atoms with E-state index >= 15 is 0 Å². The molecule has 0 amide bonds. The predicted molar refractivity (Wildman–Crippen MR) is 74.6 cm³/mol. The molecule has 0 saturated heterocycles. The van der Waals surface area contributed by atoms with E-state index in [9.17, 15) is 0 Å². The highest BCUT2D eigenvalue weighted by molar-refractivity contribution is 7.12. The van der Waals surface area contributed by atoms with Crippen LogP contribution in [0.5, 0.6) is 0 Å². The first-order chi connectivity index (χ1) is 7.33. The van der Waals surface area contributed by atoms with Gasteiger partial charge >= 0.3 is 0 Å². The molecule has 92 valence electrons. The molecular formula is C14H25NS. The minimum absolute atomic E-state index is 0.288. The second-order valence-electron chi connectivity index (χ2n) is 5.57. The summed E-state index contributed by atoms with van der Waals surface area (Å²) in [4.78, 5) is 2.91. The minimum atomic E-state index is 0.288. The van der Waals surface area contributed by atoms with Gasteiger partial charge in [-0.25, -0.2) is 0 Å². The Morgan fingerprint density at radius 1 is 1.31 bits per heavy atom. The molecule has 1 N–H and O–H groups in total. The fraction of sp³-hybridized carbons (Fsp3) is 0.714. The van der Waals surface area contributed by atoms with Gasteiger partial charge in [-0.3, -0.25) is 0 Å². The first-order valence-electron chi connectivity index (χ1n) is 6.14. The van der Waals surface area contributed by atoms with Gasteiger partial charge in [-0.15, -0.1) is 11.3 Å². The highest BCUT2D eigenvalue weighted by atomic mass is 32.1. The summed E-state index contributed by atoms with van der Waals surface area (Å²) >= 11 is 1.92. The van der Waals surface area contributed by atoms with E-state index in [0.717, 1.165) is 6.54 Å². The zero-order valence-electron chi connectivity index (χ0n) is 11.5. The molecule has 0 aromatic carbocycles. The second-order valence-corrected chi connectivity index (χ2v) is 7.03. The summed E-state index contributed by atoms with van der Waals surface area (Å²) in [6.07, 6.45) is 1.20. The van der Waals surface area contributed by atoms with Crippen molar-refractivity contribution in [3.63, 3.8) is 0 Å². The molecule has 0 spiro atoms. The van der Waals surface area contributed by atoms with Gasteiger partial charge < -0.3 is 5.32 Å². The van der Waals surface area contributed by atoms with E-state index in [1.54, 1.807) is 0 Å². The highest BCUT2D eigenvalue weighted by Crippen LogP contribution is 2.34. The number of rotatable bonds is 5. The van der Waals surface area contributed by atoms with Crippen molar-refractivity contribution in [2.24, 2.45) is 0 Å². The van der Waals surface area contributed by atoms with Gasteiger partial charge in [0.2, 0.25) is 0 Å². The van der Waals surface area contributed by atoms with Gasteiger partial charge in [0, 0.05) is 15.8 Å². The summed E-state index contributed by atoms with van der Waals surface area (Å²) in [6, 6.07) is 2.94. The first kappa shape index (κ1) is 13.7. The van der Waals surface area contributed by atoms with Gasteiger partial charge in [0.25, 0.3) is 0 Å². The van der Waals surface area contributed by atoms with Crippen LogP contribution in [0.25, 0.3) is 0 Å². The van der Waals surface area contributed by atoms with Crippen molar-refractivity contribution in [1.29, 1.82) is 0 Å². The molecule has 1 heterocycles. The van der Waals surface area contributed by atoms with Crippen LogP contribution in [0.15, 0.2) is 6.07 Å². The molecule has 0 atom stereocenters. The Labute approximate surface area is 104 Å². The number of thiophene rings is 1. The molecule has 0 saturated carbocycles. The normalized spacial score (nSPS) is 12.4. The zero-order valence-corrected chi connectivity index (χ0v) is 12.3. The van der Waals surface area contributed by atoms with Gasteiger partial charge in [0.05, 0.1) is 0 Å². The summed E-state index contributed by atoms with van der Waals surface area (Å²) in [7, 11) is 0. The summed E-state index contributed by atoms with van der Waals surface area (Å²) in [5, 5.41) is 3.50. The third kappa shape index (κ3) is 3.60. The van der Waals surface area contributed by atoms with Crippen molar-refractivity contribution >= 4 is 11.3 Å². The summed E-state index contributed by atoms with van der Waals surface area (Å²) in [5.41, 5.74) is 1.82. The van der Waals surface area contributed by atoms with Crippen LogP contribution in [0.2, 0.25) is 0 Å². The lowest BCUT2D eigenvalue weighted by molar-refractivity contribution is 0.441. The number of hydrogen-bond donors (Lipinski definition) is 1. The maximum atomic E-state index is 3.50. The molecule has 1 aromatic rings. The molecule has 16 heavy (non-hydrogen) atoms. The van der Waals surface area contributed by atoms with Gasteiger partial charge in [0.1, 0.15) is 0 Å². The van der Waals surface area contributed by atoms with Crippen molar-refractivity contribution in [3.05, 3.63) is 21.4 Å². The Morgan fingerprint density at radius 2 is 1.94 bits per heavy atom. The third-order valence-corrected chi connectivity index (χ3v) is 4.04. The molecule has 0 aliphatic carbocycles. The number of hydrogen-bond acceptors (Lipinski definition) is 2. The number of aryl methyl sites for hydroxylation is 2. The van der Waals surface area contributed by atoms with Crippen molar-refractivity contribution in [2.75, 3.05) is 6.54 Å². The fourth-order valence-electron chi connectivity index (χ4n) is 2.11. The van der Waals surface area contributed by atoms with E-state index in [2.05, 4.69) is 52.9 Å². The summed E-state index contributed by atoms with van der Waals surface area (Å²) in [5.74, 6) is 0. The molecule has 0 bridgehead atoms. The first-order valence-corrected chi connectivity index (χ1v) is 6.95. The molecule has 1 rings (SSSR count). The Balaban J connectivity index is 2.66. The van der Waals surface area contributed by atoms with E-state index < -0.39 is 0 Å². The topological polar surface area (TPSA) is 12.0 Å². The van der Waals surface area contributed by atoms with Crippen molar-refractivity contribution < 1.29 is 0 Å². The van der Waals surface area contributed by atoms with Crippen LogP contribution in [-0.2, 0) is 5.41 Å². The monoisotopic (exact) mass is 239 g/mol. The largest absolute Gasteiger partial charge is 0.315 e. The molecule has 0 fully saturated rings. The second kappa shape index (κ2) is 5.33. The van der Waals surface area contributed by atoms with E-state index in [0.29, 0.717) is 6.04 Å². The third-order valence-electron chi connectivity index (χ3n) is 3.07. The zero-order chi connectivity index (χ0) is 12.3. The van der Waals surface area contributed by atoms with E-state index in [1.807, 2.05) is 11.3 Å². The fourth-order valence-corrected chi connectivity index (χ4v) is 3.22. The molecule has 0 unspecified atom stereocenters. The van der Waals surface area contributed by atoms with Crippen molar-refractivity contribution in [1.82, 2.24) is 5.32 Å². The van der Waals surface area contributed by atoms with E-state index in [-0.39, 0.29) is 5.41 Å². The highest BCUT2D eigenvalue weighted by Gasteiger charge is 2.23. The lowest BCUT2D eigenvalue weighted by Crippen LogP contribution is -2.29. The quantitative estimate of drug-likeness (QED) is 0.818. The molecule has 0 aliphatic heterocycles. The van der Waals surface area contributed by atoms with Gasteiger partial charge in [-0.1, -0.05) is 27.7 Å². The molecule has 0 radical (unpaired) electrons.